The smallest absolute Gasteiger partial charge is 0.294 e. The van der Waals surface area contributed by atoms with Gasteiger partial charge in [-0.25, -0.2) is 9.97 Å². The molecule has 1 N–H and O–H groups in total. The first kappa shape index (κ1) is 19.5. The summed E-state index contributed by atoms with van der Waals surface area (Å²) in [5.74, 6) is -0.0747. The maximum Gasteiger partial charge on any atom is 0.294 e. The fourth-order valence-electron chi connectivity index (χ4n) is 3.33. The van der Waals surface area contributed by atoms with Gasteiger partial charge in [-0.05, 0) is 31.3 Å². The van der Waals surface area contributed by atoms with Crippen LogP contribution in [0.4, 0.5) is 17.2 Å². The van der Waals surface area contributed by atoms with Gasteiger partial charge in [0.2, 0.25) is 0 Å². The lowest BCUT2D eigenvalue weighted by Crippen LogP contribution is -2.44. The van der Waals surface area contributed by atoms with Crippen molar-refractivity contribution in [3.05, 3.63) is 70.9 Å². The van der Waals surface area contributed by atoms with Crippen molar-refractivity contribution in [1.29, 1.82) is 0 Å². The van der Waals surface area contributed by atoms with E-state index in [4.69, 9.17) is 0 Å². The van der Waals surface area contributed by atoms with Crippen molar-refractivity contribution in [1.82, 2.24) is 19.4 Å². The molecule has 30 heavy (non-hydrogen) atoms. The minimum absolute atomic E-state index is 0.176. The zero-order valence-electron chi connectivity index (χ0n) is 16.4. The Morgan fingerprint density at radius 2 is 1.97 bits per heavy atom. The molecule has 0 unspecified atom stereocenters. The Hall–Kier alpha value is -3.79. The molecule has 0 bridgehead atoms. The third kappa shape index (κ3) is 4.13. The molecule has 3 heterocycles. The summed E-state index contributed by atoms with van der Waals surface area (Å²) in [6.07, 6.45) is 6.33. The minimum atomic E-state index is -0.519. The van der Waals surface area contributed by atoms with Crippen molar-refractivity contribution in [3.63, 3.8) is 0 Å². The summed E-state index contributed by atoms with van der Waals surface area (Å²) in [6, 6.07) is 7.97. The fourth-order valence-corrected chi connectivity index (χ4v) is 3.33. The second kappa shape index (κ2) is 8.29. The Morgan fingerprint density at radius 1 is 1.17 bits per heavy atom. The topological polar surface area (TPSA) is 109 Å². The van der Waals surface area contributed by atoms with Gasteiger partial charge in [0.15, 0.2) is 0 Å². The van der Waals surface area contributed by atoms with E-state index in [0.717, 1.165) is 31.9 Å². The number of pyridine rings is 1. The maximum absolute atomic E-state index is 12.6. The van der Waals surface area contributed by atoms with E-state index in [1.807, 2.05) is 6.07 Å². The molecule has 1 aliphatic rings. The van der Waals surface area contributed by atoms with Crippen molar-refractivity contribution in [2.24, 2.45) is 0 Å². The molecule has 1 saturated heterocycles. The van der Waals surface area contributed by atoms with Gasteiger partial charge in [-0.15, -0.1) is 0 Å². The summed E-state index contributed by atoms with van der Waals surface area (Å²) in [4.78, 5) is 36.3. The fraction of sp³-hybridized carbons (Fsp3) is 0.250. The second-order valence-electron chi connectivity index (χ2n) is 7.08. The van der Waals surface area contributed by atoms with E-state index < -0.39 is 10.8 Å². The molecule has 154 valence electrons. The number of nitro benzene ring substituents is 1. The number of anilines is 2. The Bertz CT molecular complexity index is 1040. The van der Waals surface area contributed by atoms with Gasteiger partial charge in [-0.2, -0.15) is 0 Å². The highest BCUT2D eigenvalue weighted by Crippen LogP contribution is 2.25. The Morgan fingerprint density at radius 3 is 2.60 bits per heavy atom. The van der Waals surface area contributed by atoms with Gasteiger partial charge in [0.1, 0.15) is 11.5 Å². The number of nitro groups is 1. The van der Waals surface area contributed by atoms with Gasteiger partial charge in [-0.3, -0.25) is 14.9 Å². The highest BCUT2D eigenvalue weighted by Gasteiger charge is 2.19. The zero-order valence-corrected chi connectivity index (χ0v) is 16.4. The number of carbonyl (C=O) groups excluding carboxylic acids is 1. The number of hydrogen-bond donors (Lipinski definition) is 1. The molecule has 1 aliphatic heterocycles. The van der Waals surface area contributed by atoms with Crippen molar-refractivity contribution in [2.75, 3.05) is 43.4 Å². The first-order valence-electron chi connectivity index (χ1n) is 9.49. The summed E-state index contributed by atoms with van der Waals surface area (Å²) in [5, 5.41) is 14.2. The van der Waals surface area contributed by atoms with Crippen molar-refractivity contribution >= 4 is 23.1 Å². The molecule has 4 rings (SSSR count). The molecule has 1 fully saturated rings. The van der Waals surface area contributed by atoms with E-state index in [9.17, 15) is 14.9 Å². The van der Waals surface area contributed by atoms with Crippen LogP contribution in [0.25, 0.3) is 5.69 Å². The van der Waals surface area contributed by atoms with Gasteiger partial charge < -0.3 is 19.7 Å². The predicted octanol–water partition coefficient (Wildman–Crippen LogP) is 2.18. The standard InChI is InChI=1S/C20H21N7O3/c1-24-8-10-25(11-9-24)16-3-5-19(22-13-16)23-20(28)15-2-4-17(18(12-15)27(29)30)26-7-6-21-14-26/h2-7,12-14H,8-11H2,1H3,(H,22,23,28). The van der Waals surface area contributed by atoms with Crippen molar-refractivity contribution in [3.8, 4) is 5.69 Å². The lowest BCUT2D eigenvalue weighted by atomic mass is 10.1. The van der Waals surface area contributed by atoms with E-state index in [1.54, 1.807) is 18.5 Å². The highest BCUT2D eigenvalue weighted by atomic mass is 16.6. The lowest BCUT2D eigenvalue weighted by molar-refractivity contribution is -0.384. The van der Waals surface area contributed by atoms with E-state index in [1.165, 1.54) is 35.3 Å². The van der Waals surface area contributed by atoms with Crippen LogP contribution in [-0.4, -0.2) is 63.5 Å². The molecule has 0 aliphatic carbocycles. The van der Waals surface area contributed by atoms with Crippen LogP contribution in [-0.2, 0) is 0 Å². The van der Waals surface area contributed by atoms with Crippen molar-refractivity contribution in [2.45, 2.75) is 0 Å². The minimum Gasteiger partial charge on any atom is -0.368 e. The van der Waals surface area contributed by atoms with E-state index in [2.05, 4.69) is 32.1 Å². The van der Waals surface area contributed by atoms with E-state index in [0.29, 0.717) is 11.5 Å². The second-order valence-corrected chi connectivity index (χ2v) is 7.08. The molecule has 0 radical (unpaired) electrons. The molecule has 1 amide bonds. The van der Waals surface area contributed by atoms with Gasteiger partial charge >= 0.3 is 0 Å². The monoisotopic (exact) mass is 407 g/mol. The molecule has 0 atom stereocenters. The number of rotatable bonds is 5. The molecule has 0 spiro atoms. The van der Waals surface area contributed by atoms with Crippen LogP contribution >= 0.6 is 0 Å². The molecule has 2 aromatic heterocycles. The lowest BCUT2D eigenvalue weighted by Gasteiger charge is -2.33. The zero-order chi connectivity index (χ0) is 21.1. The number of nitrogens with one attached hydrogen (secondary N) is 1. The van der Waals surface area contributed by atoms with Gasteiger partial charge in [0.05, 0.1) is 23.1 Å². The average Bonchev–Trinajstić information content (AvgIpc) is 3.29. The number of hydrogen-bond acceptors (Lipinski definition) is 7. The summed E-state index contributed by atoms with van der Waals surface area (Å²) < 4.78 is 1.53. The third-order valence-electron chi connectivity index (χ3n) is 5.07. The number of piperazine rings is 1. The van der Waals surface area contributed by atoms with Crippen molar-refractivity contribution < 1.29 is 9.72 Å². The number of benzene rings is 1. The number of amides is 1. The van der Waals surface area contributed by atoms with Crippen LogP contribution in [0.1, 0.15) is 10.4 Å². The predicted molar refractivity (Wildman–Crippen MR) is 112 cm³/mol. The van der Waals surface area contributed by atoms with Gasteiger partial charge in [0.25, 0.3) is 11.6 Å². The normalized spacial score (nSPS) is 14.5. The molecular formula is C20H21N7O3. The molecular weight excluding hydrogens is 386 g/mol. The van der Waals surface area contributed by atoms with Crippen LogP contribution in [0, 0.1) is 10.1 Å². The Balaban J connectivity index is 1.48. The largest absolute Gasteiger partial charge is 0.368 e. The number of aromatic nitrogens is 3. The number of likely N-dealkylation sites (N-methyl/N-ethyl adjacent to an activating group) is 1. The molecule has 3 aromatic rings. The average molecular weight is 407 g/mol. The van der Waals surface area contributed by atoms with E-state index >= 15 is 0 Å². The summed E-state index contributed by atoms with van der Waals surface area (Å²) >= 11 is 0. The molecule has 1 aromatic carbocycles. The SMILES string of the molecule is CN1CCN(c2ccc(NC(=O)c3ccc(-n4ccnc4)c([N+](=O)[O-])c3)nc2)CC1. The summed E-state index contributed by atoms with van der Waals surface area (Å²) in [6.45, 7) is 3.84. The third-order valence-corrected chi connectivity index (χ3v) is 5.07. The Kier molecular flexibility index (Phi) is 5.40. The van der Waals surface area contributed by atoms with Gasteiger partial charge in [-0.1, -0.05) is 0 Å². The molecule has 10 nitrogen and oxygen atoms in total. The maximum atomic E-state index is 12.6. The van der Waals surface area contributed by atoms with Crippen LogP contribution in [0.15, 0.2) is 55.2 Å². The molecule has 0 saturated carbocycles. The van der Waals surface area contributed by atoms with Crippen LogP contribution in [0.5, 0.6) is 0 Å². The van der Waals surface area contributed by atoms with Crippen LogP contribution < -0.4 is 10.2 Å². The number of carbonyl (C=O) groups is 1. The summed E-state index contributed by atoms with van der Waals surface area (Å²) in [7, 11) is 2.10. The Labute approximate surface area is 172 Å². The number of nitrogens with zero attached hydrogens (tertiary/aromatic N) is 6. The first-order chi connectivity index (χ1) is 14.5. The first-order valence-corrected chi connectivity index (χ1v) is 9.49. The molecule has 10 heteroatoms. The number of imidazole rings is 1. The van der Waals surface area contributed by atoms with Gasteiger partial charge in [0, 0.05) is 50.2 Å². The summed E-state index contributed by atoms with van der Waals surface area (Å²) in [5.41, 5.74) is 1.33. The van der Waals surface area contributed by atoms with Crippen LogP contribution in [0.2, 0.25) is 0 Å². The quantitative estimate of drug-likeness (QED) is 0.510. The highest BCUT2D eigenvalue weighted by molar-refractivity contribution is 6.04. The van der Waals surface area contributed by atoms with Crippen LogP contribution in [0.3, 0.4) is 0 Å². The van der Waals surface area contributed by atoms with E-state index in [-0.39, 0.29) is 11.3 Å².